The third-order valence-electron chi connectivity index (χ3n) is 4.34. The molecule has 0 atom stereocenters. The molecule has 0 unspecified atom stereocenters. The number of pyridine rings is 1. The normalized spacial score (nSPS) is 10.9. The molecule has 4 aromatic rings. The number of benzene rings is 2. The van der Waals surface area contributed by atoms with Crippen molar-refractivity contribution in [2.45, 2.75) is 13.5 Å². The van der Waals surface area contributed by atoms with Crippen molar-refractivity contribution in [1.29, 1.82) is 0 Å². The molecule has 0 spiro atoms. The van der Waals surface area contributed by atoms with E-state index in [1.807, 2.05) is 43.3 Å². The van der Waals surface area contributed by atoms with Crippen molar-refractivity contribution in [3.63, 3.8) is 0 Å². The molecule has 30 heavy (non-hydrogen) atoms. The van der Waals surface area contributed by atoms with Crippen LogP contribution in [0, 0.1) is 0 Å². The number of halogens is 2. The molecule has 2 heterocycles. The van der Waals surface area contributed by atoms with Crippen LogP contribution in [-0.4, -0.2) is 22.5 Å². The lowest BCUT2D eigenvalue weighted by molar-refractivity contribution is 0.0985. The molecule has 2 aromatic heterocycles. The van der Waals surface area contributed by atoms with E-state index in [1.165, 1.54) is 11.3 Å². The number of hydrogen-bond donors (Lipinski definition) is 0. The first-order valence-electron chi connectivity index (χ1n) is 9.25. The highest BCUT2D eigenvalue weighted by molar-refractivity contribution is 7.22. The first-order chi connectivity index (χ1) is 14.5. The van der Waals surface area contributed by atoms with E-state index in [9.17, 15) is 4.79 Å². The van der Waals surface area contributed by atoms with Crippen molar-refractivity contribution in [1.82, 2.24) is 9.97 Å². The zero-order chi connectivity index (χ0) is 21.1. The van der Waals surface area contributed by atoms with Crippen LogP contribution in [0.1, 0.15) is 23.0 Å². The summed E-state index contributed by atoms with van der Waals surface area (Å²) in [6.07, 6.45) is 1.69. The van der Waals surface area contributed by atoms with Crippen molar-refractivity contribution >= 4 is 55.8 Å². The second kappa shape index (κ2) is 9.00. The van der Waals surface area contributed by atoms with Gasteiger partial charge in [0, 0.05) is 11.2 Å². The second-order valence-electron chi connectivity index (χ2n) is 6.40. The lowest BCUT2D eigenvalue weighted by Gasteiger charge is -2.20. The summed E-state index contributed by atoms with van der Waals surface area (Å²) in [5.41, 5.74) is 1.84. The summed E-state index contributed by atoms with van der Waals surface area (Å²) in [6.45, 7) is 2.76. The number of hydrogen-bond acceptors (Lipinski definition) is 5. The average molecular weight is 458 g/mol. The fraction of sp³-hybridized carbons (Fsp3) is 0.136. The molecule has 0 N–H and O–H groups in total. The number of amides is 1. The first-order valence-corrected chi connectivity index (χ1v) is 10.8. The van der Waals surface area contributed by atoms with Gasteiger partial charge in [0.2, 0.25) is 0 Å². The Morgan fingerprint density at radius 2 is 2.00 bits per heavy atom. The van der Waals surface area contributed by atoms with Gasteiger partial charge in [-0.1, -0.05) is 40.6 Å². The summed E-state index contributed by atoms with van der Waals surface area (Å²) < 4.78 is 6.50. The lowest BCUT2D eigenvalue weighted by atomic mass is 10.2. The third-order valence-corrected chi connectivity index (χ3v) is 5.95. The van der Waals surface area contributed by atoms with Crippen molar-refractivity contribution in [2.75, 3.05) is 11.5 Å². The van der Waals surface area contributed by atoms with E-state index in [1.54, 1.807) is 29.3 Å². The van der Waals surface area contributed by atoms with Crippen LogP contribution < -0.4 is 9.64 Å². The molecular weight excluding hydrogens is 441 g/mol. The Morgan fingerprint density at radius 1 is 1.13 bits per heavy atom. The van der Waals surface area contributed by atoms with Gasteiger partial charge in [-0.3, -0.25) is 14.7 Å². The first kappa shape index (κ1) is 20.6. The Morgan fingerprint density at radius 3 is 2.77 bits per heavy atom. The monoisotopic (exact) mass is 457 g/mol. The number of fused-ring (bicyclic) bond motifs is 1. The molecule has 0 radical (unpaired) electrons. The summed E-state index contributed by atoms with van der Waals surface area (Å²) >= 11 is 13.8. The molecule has 152 valence electrons. The maximum absolute atomic E-state index is 13.5. The van der Waals surface area contributed by atoms with Gasteiger partial charge in [0.05, 0.1) is 39.6 Å². The topological polar surface area (TPSA) is 55.3 Å². The van der Waals surface area contributed by atoms with Gasteiger partial charge in [-0.25, -0.2) is 4.98 Å². The SMILES string of the molecule is CCOc1ccc2nc(N(Cc3ccccn3)C(=O)c3cc(Cl)ccc3Cl)sc2c1. The molecule has 1 amide bonds. The zero-order valence-corrected chi connectivity index (χ0v) is 18.3. The Labute approximate surface area is 187 Å². The van der Waals surface area contributed by atoms with Crippen LogP contribution in [0.25, 0.3) is 10.2 Å². The maximum Gasteiger partial charge on any atom is 0.262 e. The van der Waals surface area contributed by atoms with Crippen LogP contribution in [0.2, 0.25) is 10.0 Å². The van der Waals surface area contributed by atoms with E-state index in [0.29, 0.717) is 27.3 Å². The minimum atomic E-state index is -0.294. The highest BCUT2D eigenvalue weighted by Crippen LogP contribution is 2.34. The number of nitrogens with zero attached hydrogens (tertiary/aromatic N) is 3. The standard InChI is InChI=1S/C22H17Cl2N3O2S/c1-2-29-16-7-9-19-20(12-16)30-22(26-19)27(13-15-5-3-4-10-25-15)21(28)17-11-14(23)6-8-18(17)24/h3-12H,2,13H2,1H3. The van der Waals surface area contributed by atoms with E-state index in [-0.39, 0.29) is 12.5 Å². The average Bonchev–Trinajstić information content (AvgIpc) is 3.17. The van der Waals surface area contributed by atoms with Gasteiger partial charge in [-0.2, -0.15) is 0 Å². The Bertz CT molecular complexity index is 1200. The minimum absolute atomic E-state index is 0.251. The molecule has 5 nitrogen and oxygen atoms in total. The highest BCUT2D eigenvalue weighted by Gasteiger charge is 2.24. The van der Waals surface area contributed by atoms with Crippen LogP contribution in [0.3, 0.4) is 0 Å². The van der Waals surface area contributed by atoms with Gasteiger partial charge >= 0.3 is 0 Å². The van der Waals surface area contributed by atoms with E-state index in [0.717, 1.165) is 21.7 Å². The molecule has 0 saturated heterocycles. The predicted octanol–water partition coefficient (Wildman–Crippen LogP) is 6.24. The van der Waals surface area contributed by atoms with Crippen molar-refractivity contribution in [2.24, 2.45) is 0 Å². The van der Waals surface area contributed by atoms with Crippen molar-refractivity contribution < 1.29 is 9.53 Å². The van der Waals surface area contributed by atoms with Crippen LogP contribution in [-0.2, 0) is 6.54 Å². The number of thiazole rings is 1. The summed E-state index contributed by atoms with van der Waals surface area (Å²) in [5, 5.41) is 1.31. The van der Waals surface area contributed by atoms with Crippen LogP contribution in [0.15, 0.2) is 60.8 Å². The molecule has 0 aliphatic heterocycles. The van der Waals surface area contributed by atoms with E-state index in [4.69, 9.17) is 27.9 Å². The van der Waals surface area contributed by atoms with Crippen LogP contribution in [0.5, 0.6) is 5.75 Å². The number of carbonyl (C=O) groups excluding carboxylic acids is 1. The highest BCUT2D eigenvalue weighted by atomic mass is 35.5. The zero-order valence-electron chi connectivity index (χ0n) is 16.0. The molecular formula is C22H17Cl2N3O2S. The summed E-state index contributed by atoms with van der Waals surface area (Å²) in [7, 11) is 0. The third kappa shape index (κ3) is 4.41. The van der Waals surface area contributed by atoms with Crippen molar-refractivity contribution in [3.05, 3.63) is 82.1 Å². The van der Waals surface area contributed by atoms with Crippen LogP contribution in [0.4, 0.5) is 5.13 Å². The van der Waals surface area contributed by atoms with Gasteiger partial charge in [0.25, 0.3) is 5.91 Å². The number of aromatic nitrogens is 2. The number of rotatable bonds is 6. The molecule has 8 heteroatoms. The summed E-state index contributed by atoms with van der Waals surface area (Å²) in [4.78, 5) is 24.1. The molecule has 0 aliphatic rings. The molecule has 0 aliphatic carbocycles. The fourth-order valence-electron chi connectivity index (χ4n) is 2.95. The molecule has 0 fully saturated rings. The maximum atomic E-state index is 13.5. The van der Waals surface area contributed by atoms with Crippen molar-refractivity contribution in [3.8, 4) is 5.75 Å². The van der Waals surface area contributed by atoms with Crippen LogP contribution >= 0.6 is 34.5 Å². The number of anilines is 1. The van der Waals surface area contributed by atoms with Gasteiger partial charge in [0.15, 0.2) is 5.13 Å². The van der Waals surface area contributed by atoms with Gasteiger partial charge in [0.1, 0.15) is 5.75 Å². The molecule has 0 saturated carbocycles. The van der Waals surface area contributed by atoms with E-state index in [2.05, 4.69) is 9.97 Å². The summed E-state index contributed by atoms with van der Waals surface area (Å²) in [6, 6.07) is 16.1. The largest absolute Gasteiger partial charge is 0.494 e. The fourth-order valence-corrected chi connectivity index (χ4v) is 4.31. The van der Waals surface area contributed by atoms with Gasteiger partial charge in [-0.15, -0.1) is 0 Å². The molecule has 4 rings (SSSR count). The Hall–Kier alpha value is -2.67. The Balaban J connectivity index is 1.77. The van der Waals surface area contributed by atoms with E-state index < -0.39 is 0 Å². The quantitative estimate of drug-likeness (QED) is 0.343. The predicted molar refractivity (Wildman–Crippen MR) is 122 cm³/mol. The second-order valence-corrected chi connectivity index (χ2v) is 8.25. The number of carbonyl (C=O) groups is 1. The smallest absolute Gasteiger partial charge is 0.262 e. The Kier molecular flexibility index (Phi) is 6.18. The van der Waals surface area contributed by atoms with E-state index >= 15 is 0 Å². The number of ether oxygens (including phenoxy) is 1. The lowest BCUT2D eigenvalue weighted by Crippen LogP contribution is -2.31. The molecule has 0 bridgehead atoms. The van der Waals surface area contributed by atoms with Gasteiger partial charge < -0.3 is 4.74 Å². The minimum Gasteiger partial charge on any atom is -0.494 e. The summed E-state index contributed by atoms with van der Waals surface area (Å²) in [5.74, 6) is 0.470. The molecule has 2 aromatic carbocycles. The van der Waals surface area contributed by atoms with Gasteiger partial charge in [-0.05, 0) is 55.5 Å².